The number of urea groups is 1. The van der Waals surface area contributed by atoms with Gasteiger partial charge in [0, 0.05) is 7.05 Å². The van der Waals surface area contributed by atoms with E-state index in [9.17, 15) is 19.2 Å². The van der Waals surface area contributed by atoms with Crippen molar-refractivity contribution in [3.8, 4) is 5.75 Å². The first-order chi connectivity index (χ1) is 13.4. The number of hydrogen-bond donors (Lipinski definition) is 2. The Labute approximate surface area is 162 Å². The number of ether oxygens (including phenoxy) is 1. The van der Waals surface area contributed by atoms with E-state index < -0.39 is 23.6 Å². The lowest BCUT2D eigenvalue weighted by atomic mass is 9.98. The van der Waals surface area contributed by atoms with E-state index in [1.807, 2.05) is 0 Å². The van der Waals surface area contributed by atoms with E-state index >= 15 is 0 Å². The Morgan fingerprint density at radius 2 is 1.96 bits per heavy atom. The second-order valence-electron chi connectivity index (χ2n) is 7.30. The van der Waals surface area contributed by atoms with Gasteiger partial charge < -0.3 is 20.3 Å². The van der Waals surface area contributed by atoms with Crippen LogP contribution in [-0.4, -0.2) is 60.4 Å². The molecule has 4 rings (SSSR count). The summed E-state index contributed by atoms with van der Waals surface area (Å²) in [7, 11) is 1.49. The molecule has 2 fully saturated rings. The molecule has 1 spiro atoms. The normalized spacial score (nSPS) is 22.7. The average Bonchev–Trinajstić information content (AvgIpc) is 3.27. The number of para-hydroxylation sites is 2. The van der Waals surface area contributed by atoms with Gasteiger partial charge >= 0.3 is 6.03 Å². The summed E-state index contributed by atoms with van der Waals surface area (Å²) < 4.78 is 5.69. The molecule has 1 saturated heterocycles. The van der Waals surface area contributed by atoms with Crippen LogP contribution >= 0.6 is 0 Å². The zero-order valence-electron chi connectivity index (χ0n) is 15.6. The molecule has 5 amide bonds. The van der Waals surface area contributed by atoms with Crippen molar-refractivity contribution in [2.45, 2.75) is 37.3 Å². The van der Waals surface area contributed by atoms with Crippen LogP contribution in [0.5, 0.6) is 5.75 Å². The molecule has 2 aliphatic heterocycles. The number of nitrogens with one attached hydrogen (secondary N) is 2. The lowest BCUT2D eigenvalue weighted by Gasteiger charge is -2.34. The fraction of sp³-hybridized carbons (Fsp3) is 0.474. The molecule has 28 heavy (non-hydrogen) atoms. The van der Waals surface area contributed by atoms with Gasteiger partial charge in [-0.15, -0.1) is 0 Å². The van der Waals surface area contributed by atoms with Gasteiger partial charge in [-0.3, -0.25) is 19.3 Å². The summed E-state index contributed by atoms with van der Waals surface area (Å²) in [6.45, 7) is -0.370. The molecular weight excluding hydrogens is 364 g/mol. The number of fused-ring (bicyclic) bond motifs is 1. The molecule has 9 heteroatoms. The van der Waals surface area contributed by atoms with Gasteiger partial charge in [0.05, 0.1) is 12.2 Å². The van der Waals surface area contributed by atoms with Gasteiger partial charge in [-0.1, -0.05) is 25.0 Å². The summed E-state index contributed by atoms with van der Waals surface area (Å²) in [5.74, 6) is -0.733. The van der Waals surface area contributed by atoms with E-state index in [2.05, 4.69) is 10.6 Å². The van der Waals surface area contributed by atoms with Crippen molar-refractivity contribution in [2.75, 3.05) is 25.0 Å². The number of hydrogen-bond acceptors (Lipinski definition) is 5. The number of carbonyl (C=O) groups excluding carboxylic acids is 4. The highest BCUT2D eigenvalue weighted by molar-refractivity contribution is 6.11. The van der Waals surface area contributed by atoms with Gasteiger partial charge in [-0.05, 0) is 25.0 Å². The van der Waals surface area contributed by atoms with Crippen LogP contribution in [0.2, 0.25) is 0 Å². The van der Waals surface area contributed by atoms with E-state index in [0.717, 1.165) is 17.7 Å². The van der Waals surface area contributed by atoms with E-state index in [4.69, 9.17) is 4.74 Å². The third kappa shape index (κ3) is 2.87. The van der Waals surface area contributed by atoms with Gasteiger partial charge in [0.1, 0.15) is 17.8 Å². The molecule has 1 saturated carbocycles. The Morgan fingerprint density at radius 1 is 1.25 bits per heavy atom. The lowest BCUT2D eigenvalue weighted by molar-refractivity contribution is -0.134. The standard InChI is InChI=1S/C19H22N4O5/c1-20-16(25)14-10-22(12-6-2-3-7-13(12)28-14)15(24)11-23-17(26)19(21-18(23)27)8-4-5-9-19/h2-3,6-7,14H,4-5,8-11H2,1H3,(H,20,25)(H,21,27). The van der Waals surface area contributed by atoms with Gasteiger partial charge in [0.25, 0.3) is 11.8 Å². The molecule has 2 heterocycles. The van der Waals surface area contributed by atoms with Crippen molar-refractivity contribution in [3.63, 3.8) is 0 Å². The molecule has 3 aliphatic rings. The second-order valence-corrected chi connectivity index (χ2v) is 7.30. The molecule has 0 bridgehead atoms. The second kappa shape index (κ2) is 6.81. The SMILES string of the molecule is CNC(=O)C1CN(C(=O)CN2C(=O)NC3(CCCC3)C2=O)c2ccccc2O1. The van der Waals surface area contributed by atoms with E-state index in [-0.39, 0.29) is 24.9 Å². The first kappa shape index (κ1) is 18.3. The van der Waals surface area contributed by atoms with Crippen LogP contribution in [0.1, 0.15) is 25.7 Å². The third-order valence-corrected chi connectivity index (χ3v) is 5.61. The Hall–Kier alpha value is -3.10. The van der Waals surface area contributed by atoms with Crippen LogP contribution < -0.4 is 20.3 Å². The maximum atomic E-state index is 13.0. The fourth-order valence-corrected chi connectivity index (χ4v) is 4.13. The Kier molecular flexibility index (Phi) is 4.44. The predicted octanol–water partition coefficient (Wildman–Crippen LogP) is 0.391. The topological polar surface area (TPSA) is 108 Å². The number of rotatable bonds is 3. The van der Waals surface area contributed by atoms with Crippen molar-refractivity contribution in [2.24, 2.45) is 0 Å². The van der Waals surface area contributed by atoms with Crippen LogP contribution in [0.25, 0.3) is 0 Å². The molecule has 1 aromatic rings. The summed E-state index contributed by atoms with van der Waals surface area (Å²) in [6.07, 6.45) is 2.08. The molecule has 2 N–H and O–H groups in total. The minimum absolute atomic E-state index is 0.00428. The van der Waals surface area contributed by atoms with Crippen molar-refractivity contribution in [1.82, 2.24) is 15.5 Å². The Bertz CT molecular complexity index is 848. The van der Waals surface area contributed by atoms with Gasteiger partial charge in [-0.2, -0.15) is 0 Å². The number of imide groups is 1. The van der Waals surface area contributed by atoms with Crippen LogP contribution in [0.4, 0.5) is 10.5 Å². The van der Waals surface area contributed by atoms with Gasteiger partial charge in [0.15, 0.2) is 6.10 Å². The highest BCUT2D eigenvalue weighted by atomic mass is 16.5. The zero-order chi connectivity index (χ0) is 19.9. The molecule has 1 aromatic carbocycles. The number of anilines is 1. The molecule has 0 aromatic heterocycles. The van der Waals surface area contributed by atoms with Crippen LogP contribution in [0.15, 0.2) is 24.3 Å². The Balaban J connectivity index is 1.56. The third-order valence-electron chi connectivity index (χ3n) is 5.61. The highest BCUT2D eigenvalue weighted by Gasteiger charge is 2.53. The van der Waals surface area contributed by atoms with Crippen LogP contribution in [0.3, 0.4) is 0 Å². The molecule has 9 nitrogen and oxygen atoms in total. The van der Waals surface area contributed by atoms with Gasteiger partial charge in [-0.25, -0.2) is 4.79 Å². The maximum absolute atomic E-state index is 13.0. The van der Waals surface area contributed by atoms with Crippen molar-refractivity contribution < 1.29 is 23.9 Å². The zero-order valence-corrected chi connectivity index (χ0v) is 15.6. The van der Waals surface area contributed by atoms with Crippen molar-refractivity contribution >= 4 is 29.4 Å². The lowest BCUT2D eigenvalue weighted by Crippen LogP contribution is -2.53. The van der Waals surface area contributed by atoms with Crippen molar-refractivity contribution in [1.29, 1.82) is 0 Å². The van der Waals surface area contributed by atoms with Crippen molar-refractivity contribution in [3.05, 3.63) is 24.3 Å². The molecule has 1 atom stereocenters. The Morgan fingerprint density at radius 3 is 2.68 bits per heavy atom. The molecular formula is C19H22N4O5. The van der Waals surface area contributed by atoms with E-state index in [1.54, 1.807) is 24.3 Å². The minimum atomic E-state index is -0.867. The number of carbonyl (C=O) groups is 4. The largest absolute Gasteiger partial charge is 0.477 e. The monoisotopic (exact) mass is 386 g/mol. The average molecular weight is 386 g/mol. The first-order valence-electron chi connectivity index (χ1n) is 9.37. The number of likely N-dealkylation sites (N-methyl/N-ethyl adjacent to an activating group) is 1. The summed E-state index contributed by atoms with van der Waals surface area (Å²) in [6, 6.07) is 6.34. The number of amides is 5. The van der Waals surface area contributed by atoms with E-state index in [1.165, 1.54) is 11.9 Å². The minimum Gasteiger partial charge on any atom is -0.477 e. The number of benzene rings is 1. The first-order valence-corrected chi connectivity index (χ1v) is 9.37. The van der Waals surface area contributed by atoms with Crippen LogP contribution in [0, 0.1) is 0 Å². The maximum Gasteiger partial charge on any atom is 0.325 e. The molecule has 148 valence electrons. The quantitative estimate of drug-likeness (QED) is 0.731. The highest BCUT2D eigenvalue weighted by Crippen LogP contribution is 2.36. The van der Waals surface area contributed by atoms with E-state index in [0.29, 0.717) is 24.3 Å². The summed E-state index contributed by atoms with van der Waals surface area (Å²) >= 11 is 0. The summed E-state index contributed by atoms with van der Waals surface area (Å²) in [5.41, 5.74) is -0.347. The number of nitrogens with zero attached hydrogens (tertiary/aromatic N) is 2. The fourth-order valence-electron chi connectivity index (χ4n) is 4.13. The van der Waals surface area contributed by atoms with Gasteiger partial charge in [0.2, 0.25) is 5.91 Å². The van der Waals surface area contributed by atoms with Crippen LogP contribution in [-0.2, 0) is 14.4 Å². The summed E-state index contributed by atoms with van der Waals surface area (Å²) in [5, 5.41) is 5.29. The smallest absolute Gasteiger partial charge is 0.325 e. The molecule has 1 aliphatic carbocycles. The molecule has 1 unspecified atom stereocenters. The predicted molar refractivity (Wildman–Crippen MR) is 98.7 cm³/mol. The summed E-state index contributed by atoms with van der Waals surface area (Å²) in [4.78, 5) is 52.7. The molecule has 0 radical (unpaired) electrons.